The summed E-state index contributed by atoms with van der Waals surface area (Å²) in [7, 11) is 0. The van der Waals surface area contributed by atoms with Crippen molar-refractivity contribution in [2.75, 3.05) is 0 Å². The van der Waals surface area contributed by atoms with Crippen LogP contribution in [0.25, 0.3) is 11.3 Å². The van der Waals surface area contributed by atoms with Crippen molar-refractivity contribution in [1.82, 2.24) is 15.3 Å². The standard InChI is InChI=1S/C19H23N3O/c23-18(12-15-6-2-1-3-7-15)22-14-17-9-5-11-21-19(17)16-8-4-10-20-13-16/h4-5,8-11,13,15H,1-3,6-7,12,14H2,(H,22,23). The molecular formula is C19H23N3O. The third-order valence-electron chi connectivity index (χ3n) is 4.50. The molecule has 0 aliphatic heterocycles. The average Bonchev–Trinajstić information content (AvgIpc) is 2.62. The van der Waals surface area contributed by atoms with Gasteiger partial charge in [-0.2, -0.15) is 0 Å². The van der Waals surface area contributed by atoms with Crippen LogP contribution in [0.3, 0.4) is 0 Å². The summed E-state index contributed by atoms with van der Waals surface area (Å²) in [5.41, 5.74) is 2.89. The number of aromatic nitrogens is 2. The summed E-state index contributed by atoms with van der Waals surface area (Å²) in [6.07, 6.45) is 12.2. The zero-order valence-corrected chi connectivity index (χ0v) is 13.4. The lowest BCUT2D eigenvalue weighted by Crippen LogP contribution is -2.26. The molecule has 2 aromatic rings. The SMILES string of the molecule is O=C(CC1CCCCC1)NCc1cccnc1-c1cccnc1. The summed E-state index contributed by atoms with van der Waals surface area (Å²) in [5, 5.41) is 3.06. The molecule has 1 saturated carbocycles. The number of rotatable bonds is 5. The first-order valence-corrected chi connectivity index (χ1v) is 8.44. The van der Waals surface area contributed by atoms with Crippen LogP contribution >= 0.6 is 0 Å². The van der Waals surface area contributed by atoms with Gasteiger partial charge < -0.3 is 5.32 Å². The highest BCUT2D eigenvalue weighted by molar-refractivity contribution is 5.76. The molecule has 1 fully saturated rings. The Kier molecular flexibility index (Phi) is 5.35. The Hall–Kier alpha value is -2.23. The van der Waals surface area contributed by atoms with Gasteiger partial charge in [0.05, 0.1) is 5.69 Å². The number of amides is 1. The van der Waals surface area contributed by atoms with E-state index in [0.717, 1.165) is 16.8 Å². The van der Waals surface area contributed by atoms with Crippen LogP contribution in [0.5, 0.6) is 0 Å². The van der Waals surface area contributed by atoms with E-state index in [1.165, 1.54) is 32.1 Å². The molecule has 0 aromatic carbocycles. The van der Waals surface area contributed by atoms with Gasteiger partial charge in [0.25, 0.3) is 0 Å². The van der Waals surface area contributed by atoms with Gasteiger partial charge in [-0.25, -0.2) is 0 Å². The minimum Gasteiger partial charge on any atom is -0.352 e. The van der Waals surface area contributed by atoms with Gasteiger partial charge in [0.1, 0.15) is 0 Å². The van der Waals surface area contributed by atoms with Crippen LogP contribution in [-0.2, 0) is 11.3 Å². The molecule has 0 spiro atoms. The molecule has 2 aromatic heterocycles. The molecule has 0 saturated heterocycles. The van der Waals surface area contributed by atoms with E-state index in [2.05, 4.69) is 15.3 Å². The monoisotopic (exact) mass is 309 g/mol. The summed E-state index contributed by atoms with van der Waals surface area (Å²) in [4.78, 5) is 20.8. The van der Waals surface area contributed by atoms with Crippen molar-refractivity contribution in [2.45, 2.75) is 45.1 Å². The summed E-state index contributed by atoms with van der Waals surface area (Å²) < 4.78 is 0. The highest BCUT2D eigenvalue weighted by Crippen LogP contribution is 2.26. The Labute approximate surface area is 137 Å². The third kappa shape index (κ3) is 4.38. The molecule has 0 bridgehead atoms. The van der Waals surface area contributed by atoms with E-state index < -0.39 is 0 Å². The molecule has 1 aliphatic carbocycles. The Morgan fingerprint density at radius 2 is 1.96 bits per heavy atom. The van der Waals surface area contributed by atoms with Crippen molar-refractivity contribution in [1.29, 1.82) is 0 Å². The number of hydrogen-bond donors (Lipinski definition) is 1. The maximum Gasteiger partial charge on any atom is 0.220 e. The minimum atomic E-state index is 0.151. The Morgan fingerprint density at radius 3 is 2.74 bits per heavy atom. The van der Waals surface area contributed by atoms with Crippen LogP contribution in [0.2, 0.25) is 0 Å². The molecule has 23 heavy (non-hydrogen) atoms. The molecule has 1 N–H and O–H groups in total. The molecule has 2 heterocycles. The van der Waals surface area contributed by atoms with E-state index in [-0.39, 0.29) is 5.91 Å². The average molecular weight is 309 g/mol. The minimum absolute atomic E-state index is 0.151. The largest absolute Gasteiger partial charge is 0.352 e. The Morgan fingerprint density at radius 1 is 1.13 bits per heavy atom. The number of carbonyl (C=O) groups is 1. The molecule has 0 atom stereocenters. The van der Waals surface area contributed by atoms with Crippen molar-refractivity contribution in [2.24, 2.45) is 5.92 Å². The van der Waals surface area contributed by atoms with E-state index >= 15 is 0 Å². The molecule has 4 heteroatoms. The van der Waals surface area contributed by atoms with Gasteiger partial charge in [-0.05, 0) is 42.5 Å². The molecule has 0 radical (unpaired) electrons. The lowest BCUT2D eigenvalue weighted by Gasteiger charge is -2.21. The van der Waals surface area contributed by atoms with E-state index in [0.29, 0.717) is 18.9 Å². The summed E-state index contributed by atoms with van der Waals surface area (Å²) >= 11 is 0. The zero-order valence-electron chi connectivity index (χ0n) is 13.4. The second-order valence-corrected chi connectivity index (χ2v) is 6.24. The fraction of sp³-hybridized carbons (Fsp3) is 0.421. The van der Waals surface area contributed by atoms with Gasteiger partial charge in [0.15, 0.2) is 0 Å². The number of pyridine rings is 2. The zero-order chi connectivity index (χ0) is 15.9. The summed E-state index contributed by atoms with van der Waals surface area (Å²) in [6, 6.07) is 7.80. The van der Waals surface area contributed by atoms with Crippen LogP contribution in [0.1, 0.15) is 44.1 Å². The third-order valence-corrected chi connectivity index (χ3v) is 4.50. The lowest BCUT2D eigenvalue weighted by molar-refractivity contribution is -0.122. The van der Waals surface area contributed by atoms with Gasteiger partial charge in [0, 0.05) is 37.1 Å². The van der Waals surface area contributed by atoms with E-state index in [1.54, 1.807) is 18.6 Å². The van der Waals surface area contributed by atoms with Crippen LogP contribution in [0.4, 0.5) is 0 Å². The van der Waals surface area contributed by atoms with Crippen molar-refractivity contribution >= 4 is 5.91 Å². The van der Waals surface area contributed by atoms with Gasteiger partial charge >= 0.3 is 0 Å². The highest BCUT2D eigenvalue weighted by atomic mass is 16.1. The van der Waals surface area contributed by atoms with Gasteiger partial charge in [-0.1, -0.05) is 25.3 Å². The molecule has 3 rings (SSSR count). The van der Waals surface area contributed by atoms with Crippen molar-refractivity contribution < 1.29 is 4.79 Å². The van der Waals surface area contributed by atoms with Crippen LogP contribution in [0.15, 0.2) is 42.9 Å². The first-order chi connectivity index (χ1) is 11.3. The van der Waals surface area contributed by atoms with E-state index in [4.69, 9.17) is 0 Å². The number of nitrogens with one attached hydrogen (secondary N) is 1. The van der Waals surface area contributed by atoms with Crippen molar-refractivity contribution in [3.63, 3.8) is 0 Å². The predicted octanol–water partition coefficient (Wildman–Crippen LogP) is 3.73. The van der Waals surface area contributed by atoms with Crippen molar-refractivity contribution in [3.05, 3.63) is 48.4 Å². The summed E-state index contributed by atoms with van der Waals surface area (Å²) in [5.74, 6) is 0.716. The first kappa shape index (κ1) is 15.7. The maximum atomic E-state index is 12.2. The Bertz CT molecular complexity index is 636. The molecular weight excluding hydrogens is 286 g/mol. The van der Waals surface area contributed by atoms with Crippen LogP contribution in [0, 0.1) is 5.92 Å². The van der Waals surface area contributed by atoms with Gasteiger partial charge in [-0.15, -0.1) is 0 Å². The lowest BCUT2D eigenvalue weighted by atomic mass is 9.87. The Balaban J connectivity index is 1.61. The van der Waals surface area contributed by atoms with E-state index in [1.807, 2.05) is 24.3 Å². The molecule has 0 unspecified atom stereocenters. The number of hydrogen-bond acceptors (Lipinski definition) is 3. The molecule has 4 nitrogen and oxygen atoms in total. The van der Waals surface area contributed by atoms with E-state index in [9.17, 15) is 4.79 Å². The summed E-state index contributed by atoms with van der Waals surface area (Å²) in [6.45, 7) is 0.517. The topological polar surface area (TPSA) is 54.9 Å². The molecule has 1 aliphatic rings. The second-order valence-electron chi connectivity index (χ2n) is 6.24. The maximum absolute atomic E-state index is 12.2. The van der Waals surface area contributed by atoms with Crippen molar-refractivity contribution in [3.8, 4) is 11.3 Å². The second kappa shape index (κ2) is 7.86. The normalized spacial score (nSPS) is 15.3. The highest BCUT2D eigenvalue weighted by Gasteiger charge is 2.17. The quantitative estimate of drug-likeness (QED) is 0.915. The number of carbonyl (C=O) groups excluding carboxylic acids is 1. The first-order valence-electron chi connectivity index (χ1n) is 8.44. The molecule has 1 amide bonds. The number of nitrogens with zero attached hydrogens (tertiary/aromatic N) is 2. The predicted molar refractivity (Wildman–Crippen MR) is 90.5 cm³/mol. The van der Waals surface area contributed by atoms with Gasteiger partial charge in [0.2, 0.25) is 5.91 Å². The van der Waals surface area contributed by atoms with Crippen LogP contribution in [-0.4, -0.2) is 15.9 Å². The molecule has 120 valence electrons. The van der Waals surface area contributed by atoms with Gasteiger partial charge in [-0.3, -0.25) is 14.8 Å². The van der Waals surface area contributed by atoms with Crippen LogP contribution < -0.4 is 5.32 Å². The fourth-order valence-electron chi connectivity index (χ4n) is 3.26. The smallest absolute Gasteiger partial charge is 0.220 e. The fourth-order valence-corrected chi connectivity index (χ4v) is 3.26.